The highest BCUT2D eigenvalue weighted by Gasteiger charge is 2.07. The summed E-state index contributed by atoms with van der Waals surface area (Å²) in [6, 6.07) is 8.30. The molecule has 0 aliphatic heterocycles. The summed E-state index contributed by atoms with van der Waals surface area (Å²) in [4.78, 5) is 23.1. The van der Waals surface area contributed by atoms with Gasteiger partial charge in [0.15, 0.2) is 5.82 Å². The molecule has 0 atom stereocenters. The Balaban J connectivity index is 2.05. The summed E-state index contributed by atoms with van der Waals surface area (Å²) in [5.74, 6) is 1.19. The second-order valence-electron chi connectivity index (χ2n) is 5.68. The summed E-state index contributed by atoms with van der Waals surface area (Å²) >= 11 is 7.97. The summed E-state index contributed by atoms with van der Waals surface area (Å²) in [7, 11) is 0. The molecular formula is C18H22ClN7OS. The number of primary amides is 1. The van der Waals surface area contributed by atoms with Gasteiger partial charge in [-0.05, 0) is 17.4 Å². The second kappa shape index (κ2) is 11.2. The van der Waals surface area contributed by atoms with Gasteiger partial charge >= 0.3 is 0 Å². The van der Waals surface area contributed by atoms with Gasteiger partial charge in [0.2, 0.25) is 11.9 Å². The Morgan fingerprint density at radius 3 is 2.89 bits per heavy atom. The first-order valence-corrected chi connectivity index (χ1v) is 10.1. The Morgan fingerprint density at radius 2 is 2.18 bits per heavy atom. The van der Waals surface area contributed by atoms with E-state index in [1.54, 1.807) is 11.8 Å². The molecule has 0 saturated carbocycles. The highest BCUT2D eigenvalue weighted by Crippen LogP contribution is 2.21. The molecule has 1 aromatic heterocycles. The quantitative estimate of drug-likeness (QED) is 0.434. The van der Waals surface area contributed by atoms with Crippen LogP contribution in [0.25, 0.3) is 0 Å². The number of halogens is 1. The zero-order valence-corrected chi connectivity index (χ0v) is 16.9. The molecule has 0 unspecified atom stereocenters. The summed E-state index contributed by atoms with van der Waals surface area (Å²) in [5.41, 5.74) is 13.4. The maximum atomic E-state index is 10.7. The van der Waals surface area contributed by atoms with Gasteiger partial charge in [-0.1, -0.05) is 35.9 Å². The molecule has 0 aliphatic rings. The monoisotopic (exact) mass is 419 g/mol. The number of hydrogen-bond donors (Lipinski definition) is 4. The predicted octanol–water partition coefficient (Wildman–Crippen LogP) is 2.37. The van der Waals surface area contributed by atoms with Crippen LogP contribution in [0.3, 0.4) is 0 Å². The number of amides is 1. The maximum absolute atomic E-state index is 10.7. The van der Waals surface area contributed by atoms with Crippen molar-refractivity contribution in [3.63, 3.8) is 0 Å². The first-order valence-electron chi connectivity index (χ1n) is 8.32. The first kappa shape index (κ1) is 21.5. The van der Waals surface area contributed by atoms with Crippen LogP contribution in [0.1, 0.15) is 11.1 Å². The normalized spacial score (nSPS) is 11.6. The molecule has 0 aliphatic carbocycles. The summed E-state index contributed by atoms with van der Waals surface area (Å²) in [5, 5.41) is 6.51. The standard InChI is InChI=1S/C18H22ClN7OS/c1-28-11-13-4-2-3-12(5-13)7-23-17-15(19)9-24-18(26-17)25-14(6-20)8-22-10-16(21)27/h2-6,8-9H,7,10-11,20H2,1H3,(H2,21,27)(H2,23,24,25,26)/b14-6+,22-8?. The Hall–Kier alpha value is -2.78. The minimum Gasteiger partial charge on any atom is -0.403 e. The lowest BCUT2D eigenvalue weighted by Gasteiger charge is -2.11. The van der Waals surface area contributed by atoms with Gasteiger partial charge in [-0.15, -0.1) is 0 Å². The fourth-order valence-corrected chi connectivity index (χ4v) is 2.88. The minimum absolute atomic E-state index is 0.136. The number of nitrogens with two attached hydrogens (primary N) is 2. The van der Waals surface area contributed by atoms with E-state index in [-0.39, 0.29) is 12.5 Å². The minimum atomic E-state index is -0.538. The zero-order chi connectivity index (χ0) is 20.4. The molecule has 2 rings (SSSR count). The molecule has 148 valence electrons. The van der Waals surface area contributed by atoms with Gasteiger partial charge in [0.05, 0.1) is 11.9 Å². The lowest BCUT2D eigenvalue weighted by atomic mass is 10.1. The van der Waals surface area contributed by atoms with Gasteiger partial charge in [-0.2, -0.15) is 16.7 Å². The van der Waals surface area contributed by atoms with Crippen molar-refractivity contribution in [3.05, 3.63) is 58.5 Å². The molecule has 8 nitrogen and oxygen atoms in total. The van der Waals surface area contributed by atoms with Gasteiger partial charge < -0.3 is 22.1 Å². The van der Waals surface area contributed by atoms with Gasteiger partial charge in [0.25, 0.3) is 0 Å². The highest BCUT2D eigenvalue weighted by molar-refractivity contribution is 7.97. The van der Waals surface area contributed by atoms with Crippen molar-refractivity contribution in [1.82, 2.24) is 9.97 Å². The van der Waals surface area contributed by atoms with Crippen molar-refractivity contribution in [2.75, 3.05) is 23.4 Å². The second-order valence-corrected chi connectivity index (χ2v) is 6.95. The maximum Gasteiger partial charge on any atom is 0.239 e. The topological polar surface area (TPSA) is 131 Å². The van der Waals surface area contributed by atoms with Crippen LogP contribution in [-0.4, -0.2) is 34.9 Å². The van der Waals surface area contributed by atoms with Crippen LogP contribution in [0.5, 0.6) is 0 Å². The summed E-state index contributed by atoms with van der Waals surface area (Å²) in [6.07, 6.45) is 6.22. The van der Waals surface area contributed by atoms with E-state index < -0.39 is 5.91 Å². The van der Waals surface area contributed by atoms with Crippen molar-refractivity contribution in [3.8, 4) is 0 Å². The van der Waals surface area contributed by atoms with Crippen molar-refractivity contribution < 1.29 is 4.79 Å². The number of carbonyl (C=O) groups excluding carboxylic acids is 1. The third kappa shape index (κ3) is 7.09. The van der Waals surface area contributed by atoms with E-state index in [1.165, 1.54) is 24.2 Å². The highest BCUT2D eigenvalue weighted by atomic mass is 35.5. The van der Waals surface area contributed by atoms with E-state index in [0.29, 0.717) is 23.1 Å². The number of hydrogen-bond acceptors (Lipinski definition) is 8. The molecule has 10 heteroatoms. The van der Waals surface area contributed by atoms with E-state index in [2.05, 4.69) is 44.0 Å². The number of nitrogens with zero attached hydrogens (tertiary/aromatic N) is 3. The Morgan fingerprint density at radius 1 is 1.39 bits per heavy atom. The predicted molar refractivity (Wildman–Crippen MR) is 116 cm³/mol. The molecular weight excluding hydrogens is 398 g/mol. The van der Waals surface area contributed by atoms with Crippen LogP contribution in [-0.2, 0) is 17.1 Å². The van der Waals surface area contributed by atoms with Crippen LogP contribution < -0.4 is 22.1 Å². The first-order chi connectivity index (χ1) is 13.5. The third-order valence-corrected chi connectivity index (χ3v) is 4.32. The largest absolute Gasteiger partial charge is 0.403 e. The average Bonchev–Trinajstić information content (AvgIpc) is 2.68. The lowest BCUT2D eigenvalue weighted by Crippen LogP contribution is -2.15. The Bertz CT molecular complexity index is 873. The van der Waals surface area contributed by atoms with Crippen molar-refractivity contribution in [2.45, 2.75) is 12.3 Å². The number of benzene rings is 1. The molecule has 0 fully saturated rings. The van der Waals surface area contributed by atoms with Crippen molar-refractivity contribution in [2.24, 2.45) is 16.5 Å². The van der Waals surface area contributed by atoms with Crippen LogP contribution in [0, 0.1) is 0 Å². The number of carbonyl (C=O) groups is 1. The smallest absolute Gasteiger partial charge is 0.239 e. The average molecular weight is 420 g/mol. The fourth-order valence-electron chi connectivity index (χ4n) is 2.21. The third-order valence-electron chi connectivity index (χ3n) is 3.42. The van der Waals surface area contributed by atoms with Gasteiger partial charge in [-0.3, -0.25) is 9.79 Å². The lowest BCUT2D eigenvalue weighted by molar-refractivity contribution is -0.116. The number of aliphatic imine (C=N–C) groups is 1. The number of anilines is 2. The Kier molecular flexibility index (Phi) is 8.57. The van der Waals surface area contributed by atoms with E-state index >= 15 is 0 Å². The number of thioether (sulfide) groups is 1. The van der Waals surface area contributed by atoms with Gasteiger partial charge in [-0.25, -0.2) is 4.98 Å². The molecule has 1 amide bonds. The van der Waals surface area contributed by atoms with Crippen molar-refractivity contribution >= 4 is 47.3 Å². The number of nitrogens with one attached hydrogen (secondary N) is 2. The molecule has 0 saturated heterocycles. The van der Waals surface area contributed by atoms with Crippen LogP contribution in [0.15, 0.2) is 47.4 Å². The molecule has 0 spiro atoms. The summed E-state index contributed by atoms with van der Waals surface area (Å²) < 4.78 is 0. The van der Waals surface area contributed by atoms with Crippen LogP contribution in [0.4, 0.5) is 11.8 Å². The zero-order valence-electron chi connectivity index (χ0n) is 15.4. The van der Waals surface area contributed by atoms with Gasteiger partial charge in [0.1, 0.15) is 11.6 Å². The molecule has 0 bridgehead atoms. The fraction of sp³-hybridized carbons (Fsp3) is 0.222. The van der Waals surface area contributed by atoms with Gasteiger partial charge in [0, 0.05) is 24.7 Å². The number of allylic oxidation sites excluding steroid dienone is 1. The van der Waals surface area contributed by atoms with Crippen molar-refractivity contribution in [1.29, 1.82) is 0 Å². The molecule has 28 heavy (non-hydrogen) atoms. The van der Waals surface area contributed by atoms with E-state index in [0.717, 1.165) is 11.3 Å². The molecule has 6 N–H and O–H groups in total. The van der Waals surface area contributed by atoms with E-state index in [1.807, 2.05) is 12.1 Å². The molecule has 1 aromatic carbocycles. The summed E-state index contributed by atoms with van der Waals surface area (Å²) in [6.45, 7) is 0.431. The van der Waals surface area contributed by atoms with Crippen LogP contribution in [0.2, 0.25) is 5.02 Å². The Labute approximate surface area is 172 Å². The molecule has 1 heterocycles. The molecule has 2 aromatic rings. The van der Waals surface area contributed by atoms with E-state index in [4.69, 9.17) is 23.1 Å². The number of aromatic nitrogens is 2. The van der Waals surface area contributed by atoms with E-state index in [9.17, 15) is 4.79 Å². The molecule has 0 radical (unpaired) electrons. The van der Waals surface area contributed by atoms with Crippen LogP contribution >= 0.6 is 23.4 Å². The number of rotatable bonds is 10. The SMILES string of the molecule is CSCc1cccc(CNc2nc(N/C(C=NCC(N)=O)=C/N)ncc2Cl)c1.